The number of hydrogen-bond acceptors (Lipinski definition) is 3. The van der Waals surface area contributed by atoms with E-state index in [-0.39, 0.29) is 18.0 Å². The van der Waals surface area contributed by atoms with E-state index in [9.17, 15) is 14.4 Å². The number of likely N-dealkylation sites (N-methyl/N-ethyl adjacent to an activating group) is 1. The van der Waals surface area contributed by atoms with Gasteiger partial charge in [-0.3, -0.25) is 14.5 Å². The average Bonchev–Trinajstić information content (AvgIpc) is 2.92. The zero-order valence-electron chi connectivity index (χ0n) is 17.0. The minimum atomic E-state index is -1.14. The standard InChI is InChI=1S/C21H30N4O3/c1-20(16-10-6-4-7-11-16)18(27)25(19(28)23-20)14-17(26)22-15-21(24(2)3)12-8-5-9-13-21/h4,6-7,10-11H,5,8-9,12-15H2,1-3H3,(H,22,26)(H,23,28)/p+1/t20-/m1/s1. The molecular formula is C21H31N4O3+. The molecule has 1 aromatic carbocycles. The predicted molar refractivity (Wildman–Crippen MR) is 106 cm³/mol. The largest absolute Gasteiger partial charge is 0.348 e. The SMILES string of the molecule is C[NH+](C)C1(CNC(=O)CN2C(=O)N[C@](C)(c3ccccc3)C2=O)CCCCC1. The molecule has 0 spiro atoms. The highest BCUT2D eigenvalue weighted by molar-refractivity contribution is 6.09. The lowest BCUT2D eigenvalue weighted by Gasteiger charge is -2.39. The number of carbonyl (C=O) groups is 3. The van der Waals surface area contributed by atoms with Gasteiger partial charge in [-0.25, -0.2) is 4.79 Å². The Balaban J connectivity index is 1.64. The molecule has 3 rings (SSSR count). The fourth-order valence-corrected chi connectivity index (χ4v) is 4.36. The van der Waals surface area contributed by atoms with Gasteiger partial charge in [-0.15, -0.1) is 0 Å². The van der Waals surface area contributed by atoms with E-state index in [2.05, 4.69) is 24.7 Å². The highest BCUT2D eigenvalue weighted by atomic mass is 16.2. The van der Waals surface area contributed by atoms with Crippen molar-refractivity contribution >= 4 is 17.8 Å². The molecule has 1 aliphatic heterocycles. The van der Waals surface area contributed by atoms with Gasteiger partial charge in [-0.1, -0.05) is 36.8 Å². The molecule has 7 nitrogen and oxygen atoms in total. The van der Waals surface area contributed by atoms with E-state index < -0.39 is 17.5 Å². The number of nitrogens with one attached hydrogen (secondary N) is 3. The molecule has 0 aromatic heterocycles. The Bertz CT molecular complexity index is 743. The number of rotatable bonds is 6. The summed E-state index contributed by atoms with van der Waals surface area (Å²) in [6, 6.07) is 8.57. The summed E-state index contributed by atoms with van der Waals surface area (Å²) in [6.45, 7) is 1.98. The van der Waals surface area contributed by atoms with Gasteiger partial charge in [-0.05, 0) is 25.3 Å². The second-order valence-electron chi connectivity index (χ2n) is 8.43. The summed E-state index contributed by atoms with van der Waals surface area (Å²) in [5, 5.41) is 5.71. The molecule has 2 aliphatic rings. The van der Waals surface area contributed by atoms with Crippen molar-refractivity contribution in [3.63, 3.8) is 0 Å². The molecule has 2 fully saturated rings. The monoisotopic (exact) mass is 387 g/mol. The number of hydrogen-bond donors (Lipinski definition) is 3. The molecule has 0 bridgehead atoms. The molecule has 1 saturated heterocycles. The average molecular weight is 388 g/mol. The van der Waals surface area contributed by atoms with Gasteiger partial charge in [0.1, 0.15) is 17.6 Å². The van der Waals surface area contributed by atoms with Gasteiger partial charge in [0, 0.05) is 12.8 Å². The zero-order valence-corrected chi connectivity index (χ0v) is 17.0. The fraction of sp³-hybridized carbons (Fsp3) is 0.571. The van der Waals surface area contributed by atoms with Gasteiger partial charge in [0.2, 0.25) is 5.91 Å². The number of quaternary nitrogens is 1. The molecule has 152 valence electrons. The minimum Gasteiger partial charge on any atom is -0.348 e. The van der Waals surface area contributed by atoms with Crippen molar-refractivity contribution in [3.05, 3.63) is 35.9 Å². The minimum absolute atomic E-state index is 0.0315. The number of imide groups is 1. The number of amides is 4. The van der Waals surface area contributed by atoms with E-state index in [0.29, 0.717) is 12.1 Å². The molecule has 3 N–H and O–H groups in total. The summed E-state index contributed by atoms with van der Waals surface area (Å²) in [6.07, 6.45) is 5.73. The van der Waals surface area contributed by atoms with E-state index in [1.807, 2.05) is 18.2 Å². The lowest BCUT2D eigenvalue weighted by molar-refractivity contribution is -0.916. The Kier molecular flexibility index (Phi) is 5.74. The van der Waals surface area contributed by atoms with E-state index in [1.165, 1.54) is 24.2 Å². The van der Waals surface area contributed by atoms with E-state index >= 15 is 0 Å². The second-order valence-corrected chi connectivity index (χ2v) is 8.43. The third kappa shape index (κ3) is 3.76. The van der Waals surface area contributed by atoms with Gasteiger partial charge in [0.15, 0.2) is 0 Å². The molecule has 1 heterocycles. The van der Waals surface area contributed by atoms with Gasteiger partial charge >= 0.3 is 6.03 Å². The first-order valence-corrected chi connectivity index (χ1v) is 10.1. The Hall–Kier alpha value is -2.41. The topological polar surface area (TPSA) is 82.9 Å². The van der Waals surface area contributed by atoms with Crippen molar-refractivity contribution in [1.82, 2.24) is 15.5 Å². The van der Waals surface area contributed by atoms with Crippen LogP contribution < -0.4 is 15.5 Å². The van der Waals surface area contributed by atoms with Crippen molar-refractivity contribution < 1.29 is 19.3 Å². The lowest BCUT2D eigenvalue weighted by atomic mass is 9.80. The maximum Gasteiger partial charge on any atom is 0.325 e. The van der Waals surface area contributed by atoms with E-state index in [4.69, 9.17) is 0 Å². The summed E-state index contributed by atoms with van der Waals surface area (Å²) in [5.41, 5.74) is -0.408. The van der Waals surface area contributed by atoms with Crippen LogP contribution in [0.1, 0.15) is 44.6 Å². The highest BCUT2D eigenvalue weighted by Gasteiger charge is 2.49. The van der Waals surface area contributed by atoms with Crippen LogP contribution in [0.2, 0.25) is 0 Å². The Morgan fingerprint density at radius 2 is 1.79 bits per heavy atom. The van der Waals surface area contributed by atoms with Crippen LogP contribution in [0.5, 0.6) is 0 Å². The van der Waals surface area contributed by atoms with Crippen LogP contribution in [-0.2, 0) is 15.1 Å². The van der Waals surface area contributed by atoms with Gasteiger partial charge in [0.05, 0.1) is 20.6 Å². The number of urea groups is 1. The van der Waals surface area contributed by atoms with Crippen molar-refractivity contribution in [2.45, 2.75) is 50.1 Å². The third-order valence-electron chi connectivity index (χ3n) is 6.42. The van der Waals surface area contributed by atoms with Crippen LogP contribution in [0.25, 0.3) is 0 Å². The summed E-state index contributed by atoms with van der Waals surface area (Å²) < 4.78 is 0. The van der Waals surface area contributed by atoms with E-state index in [0.717, 1.165) is 17.7 Å². The maximum absolute atomic E-state index is 12.9. The molecule has 4 amide bonds. The predicted octanol–water partition coefficient (Wildman–Crippen LogP) is 0.417. The molecule has 0 radical (unpaired) electrons. The fourth-order valence-electron chi connectivity index (χ4n) is 4.36. The molecule has 1 atom stereocenters. The molecular weight excluding hydrogens is 356 g/mol. The van der Waals surface area contributed by atoms with Crippen LogP contribution in [0.4, 0.5) is 4.79 Å². The van der Waals surface area contributed by atoms with Crippen molar-refractivity contribution in [1.29, 1.82) is 0 Å². The molecule has 28 heavy (non-hydrogen) atoms. The van der Waals surface area contributed by atoms with Crippen molar-refractivity contribution in [2.75, 3.05) is 27.2 Å². The molecule has 1 aromatic rings. The Morgan fingerprint density at radius 3 is 2.39 bits per heavy atom. The molecule has 1 aliphatic carbocycles. The number of nitrogens with zero attached hydrogens (tertiary/aromatic N) is 1. The smallest absolute Gasteiger partial charge is 0.325 e. The molecule has 0 unspecified atom stereocenters. The summed E-state index contributed by atoms with van der Waals surface area (Å²) in [7, 11) is 4.25. The van der Waals surface area contributed by atoms with Crippen molar-refractivity contribution in [2.24, 2.45) is 0 Å². The highest BCUT2D eigenvalue weighted by Crippen LogP contribution is 2.28. The third-order valence-corrected chi connectivity index (χ3v) is 6.42. The van der Waals surface area contributed by atoms with Gasteiger partial charge in [0.25, 0.3) is 5.91 Å². The first-order chi connectivity index (χ1) is 13.3. The zero-order chi connectivity index (χ0) is 20.4. The van der Waals surface area contributed by atoms with Crippen LogP contribution in [-0.4, -0.2) is 55.5 Å². The van der Waals surface area contributed by atoms with Crippen LogP contribution in [0.3, 0.4) is 0 Å². The van der Waals surface area contributed by atoms with Crippen LogP contribution >= 0.6 is 0 Å². The maximum atomic E-state index is 12.9. The lowest BCUT2D eigenvalue weighted by Crippen LogP contribution is -3.16. The van der Waals surface area contributed by atoms with Crippen molar-refractivity contribution in [3.8, 4) is 0 Å². The Morgan fingerprint density at radius 1 is 1.14 bits per heavy atom. The number of carbonyl (C=O) groups excluding carboxylic acids is 3. The normalized spacial score (nSPS) is 24.4. The summed E-state index contributed by atoms with van der Waals surface area (Å²) in [4.78, 5) is 40.2. The Labute approximate surface area is 166 Å². The second kappa shape index (κ2) is 7.91. The van der Waals surface area contributed by atoms with E-state index in [1.54, 1.807) is 19.1 Å². The summed E-state index contributed by atoms with van der Waals surface area (Å²) in [5.74, 6) is -0.698. The van der Waals surface area contributed by atoms with Crippen LogP contribution in [0, 0.1) is 0 Å². The summed E-state index contributed by atoms with van der Waals surface area (Å²) >= 11 is 0. The first-order valence-electron chi connectivity index (χ1n) is 10.1. The van der Waals surface area contributed by atoms with Gasteiger partial charge in [-0.2, -0.15) is 0 Å². The van der Waals surface area contributed by atoms with Gasteiger partial charge < -0.3 is 15.5 Å². The quantitative estimate of drug-likeness (QED) is 0.619. The van der Waals surface area contributed by atoms with Crippen LogP contribution in [0.15, 0.2) is 30.3 Å². The number of benzene rings is 1. The molecule has 1 saturated carbocycles. The first kappa shape index (κ1) is 20.3. The molecule has 7 heteroatoms.